The zero-order valence-corrected chi connectivity index (χ0v) is 16.5. The van der Waals surface area contributed by atoms with Gasteiger partial charge >= 0.3 is 0 Å². The number of benzene rings is 1. The number of rotatable bonds is 5. The first-order valence-corrected chi connectivity index (χ1v) is 9.54. The number of carbonyl (C=O) groups is 2. The number of Topliss-reactive ketones (excluding diaryl/α,β-unsaturated/α-hetero) is 1. The van der Waals surface area contributed by atoms with Crippen LogP contribution in [0.5, 0.6) is 11.5 Å². The third-order valence-corrected chi connectivity index (χ3v) is 5.79. The number of hydrogen-bond donors (Lipinski definition) is 2. The first kappa shape index (κ1) is 18.2. The number of fused-ring (bicyclic) bond motifs is 1. The minimum atomic E-state index is -0.594. The maximum Gasteiger partial charge on any atom is 0.226 e. The largest absolute Gasteiger partial charge is 0.493 e. The van der Waals surface area contributed by atoms with E-state index in [1.165, 1.54) is 11.3 Å². The molecule has 3 heterocycles. The van der Waals surface area contributed by atoms with E-state index in [1.807, 2.05) is 31.2 Å². The van der Waals surface area contributed by atoms with Crippen LogP contribution in [0.4, 0.5) is 5.82 Å². The van der Waals surface area contributed by atoms with Crippen molar-refractivity contribution in [3.05, 3.63) is 45.6 Å². The lowest BCUT2D eigenvalue weighted by Crippen LogP contribution is -2.27. The number of H-pyrrole nitrogens is 1. The van der Waals surface area contributed by atoms with Crippen LogP contribution in [0, 0.1) is 6.92 Å². The number of ether oxygens (including phenoxy) is 2. The topological polar surface area (TPSA) is 93.3 Å². The van der Waals surface area contributed by atoms with Crippen LogP contribution in [-0.2, 0) is 4.79 Å². The minimum absolute atomic E-state index is 0.0719. The van der Waals surface area contributed by atoms with E-state index in [4.69, 9.17) is 9.47 Å². The summed E-state index contributed by atoms with van der Waals surface area (Å²) in [5.41, 5.74) is 2.17. The molecule has 7 nitrogen and oxygen atoms in total. The van der Waals surface area contributed by atoms with Gasteiger partial charge in [0.2, 0.25) is 5.91 Å². The molecule has 1 aromatic carbocycles. The van der Waals surface area contributed by atoms with Gasteiger partial charge in [0.15, 0.2) is 23.1 Å². The summed E-state index contributed by atoms with van der Waals surface area (Å²) < 4.78 is 10.7. The molecule has 0 aliphatic carbocycles. The Kier molecular flexibility index (Phi) is 4.64. The van der Waals surface area contributed by atoms with E-state index in [-0.39, 0.29) is 18.1 Å². The number of anilines is 1. The van der Waals surface area contributed by atoms with Crippen LogP contribution in [0.15, 0.2) is 30.3 Å². The van der Waals surface area contributed by atoms with Gasteiger partial charge in [-0.3, -0.25) is 14.7 Å². The van der Waals surface area contributed by atoms with Gasteiger partial charge in [-0.05, 0) is 37.3 Å². The highest BCUT2D eigenvalue weighted by Gasteiger charge is 2.36. The number of thiophene rings is 1. The highest BCUT2D eigenvalue weighted by molar-refractivity contribution is 7.14. The number of aromatic nitrogens is 2. The molecule has 8 heteroatoms. The smallest absolute Gasteiger partial charge is 0.226 e. The Morgan fingerprint density at radius 2 is 1.96 bits per heavy atom. The average Bonchev–Trinajstić information content (AvgIpc) is 3.32. The lowest BCUT2D eigenvalue weighted by Gasteiger charge is -2.21. The molecule has 1 atom stereocenters. The van der Waals surface area contributed by atoms with Crippen LogP contribution < -0.4 is 14.8 Å². The number of nitrogens with zero attached hydrogens (tertiary/aromatic N) is 1. The second-order valence-electron chi connectivity index (χ2n) is 6.51. The molecule has 1 aliphatic rings. The molecule has 144 valence electrons. The highest BCUT2D eigenvalue weighted by atomic mass is 32.1. The van der Waals surface area contributed by atoms with Crippen molar-refractivity contribution in [1.82, 2.24) is 10.2 Å². The number of aryl methyl sites for hydroxylation is 1. The monoisotopic (exact) mass is 397 g/mol. The molecule has 0 saturated heterocycles. The summed E-state index contributed by atoms with van der Waals surface area (Å²) in [5, 5.41) is 9.97. The molecule has 0 saturated carbocycles. The van der Waals surface area contributed by atoms with Crippen LogP contribution in [0.3, 0.4) is 0 Å². The van der Waals surface area contributed by atoms with Crippen molar-refractivity contribution >= 4 is 28.8 Å². The fourth-order valence-corrected chi connectivity index (χ4v) is 4.29. The van der Waals surface area contributed by atoms with Gasteiger partial charge in [0, 0.05) is 22.4 Å². The Bertz CT molecular complexity index is 1070. The van der Waals surface area contributed by atoms with E-state index in [0.29, 0.717) is 33.5 Å². The molecule has 0 fully saturated rings. The van der Waals surface area contributed by atoms with Gasteiger partial charge in [-0.15, -0.1) is 11.3 Å². The van der Waals surface area contributed by atoms with Crippen molar-refractivity contribution in [2.45, 2.75) is 19.3 Å². The summed E-state index contributed by atoms with van der Waals surface area (Å²) in [4.78, 5) is 27.0. The predicted molar refractivity (Wildman–Crippen MR) is 107 cm³/mol. The summed E-state index contributed by atoms with van der Waals surface area (Å²) >= 11 is 1.43. The number of amides is 1. The molecule has 1 amide bonds. The molecule has 1 aliphatic heterocycles. The number of nitrogens with one attached hydrogen (secondary N) is 2. The third-order valence-electron chi connectivity index (χ3n) is 4.77. The van der Waals surface area contributed by atoms with Crippen molar-refractivity contribution in [2.75, 3.05) is 19.5 Å². The fourth-order valence-electron chi connectivity index (χ4n) is 3.43. The van der Waals surface area contributed by atoms with E-state index in [1.54, 1.807) is 20.3 Å². The average molecular weight is 397 g/mol. The molecule has 3 aromatic rings. The van der Waals surface area contributed by atoms with Gasteiger partial charge in [-0.25, -0.2) is 0 Å². The lowest BCUT2D eigenvalue weighted by atomic mass is 9.86. The van der Waals surface area contributed by atoms with Gasteiger partial charge in [0.05, 0.1) is 30.7 Å². The van der Waals surface area contributed by atoms with Crippen molar-refractivity contribution in [1.29, 1.82) is 0 Å². The Morgan fingerprint density at radius 3 is 2.64 bits per heavy atom. The first-order chi connectivity index (χ1) is 13.5. The van der Waals surface area contributed by atoms with Crippen LogP contribution in [0.2, 0.25) is 0 Å². The summed E-state index contributed by atoms with van der Waals surface area (Å²) in [6.07, 6.45) is 0.0859. The third kappa shape index (κ3) is 3.05. The molecule has 0 spiro atoms. The SMILES string of the molecule is COc1ccc(-c2[nH]nc3c2C(C(=O)c2ccc(C)s2)CC(=O)N3)cc1OC. The van der Waals surface area contributed by atoms with E-state index in [2.05, 4.69) is 15.5 Å². The van der Waals surface area contributed by atoms with Gasteiger partial charge in [0.1, 0.15) is 0 Å². The zero-order chi connectivity index (χ0) is 19.8. The molecule has 1 unspecified atom stereocenters. The summed E-state index contributed by atoms with van der Waals surface area (Å²) in [6, 6.07) is 9.20. The molecular formula is C20H19N3O4S. The maximum absolute atomic E-state index is 13.2. The molecule has 2 aromatic heterocycles. The summed E-state index contributed by atoms with van der Waals surface area (Å²) in [6.45, 7) is 1.95. The molecule has 2 N–H and O–H groups in total. The second kappa shape index (κ2) is 7.12. The molecule has 4 rings (SSSR count). The maximum atomic E-state index is 13.2. The van der Waals surface area contributed by atoms with Gasteiger partial charge < -0.3 is 14.8 Å². The Balaban J connectivity index is 1.81. The first-order valence-electron chi connectivity index (χ1n) is 8.73. The lowest BCUT2D eigenvalue weighted by molar-refractivity contribution is -0.116. The van der Waals surface area contributed by atoms with Gasteiger partial charge in [-0.1, -0.05) is 0 Å². The Hall–Kier alpha value is -3.13. The van der Waals surface area contributed by atoms with E-state index < -0.39 is 5.92 Å². The second-order valence-corrected chi connectivity index (χ2v) is 7.80. The summed E-state index contributed by atoms with van der Waals surface area (Å²) in [5.74, 6) is 0.688. The number of methoxy groups -OCH3 is 2. The van der Waals surface area contributed by atoms with E-state index in [9.17, 15) is 9.59 Å². The number of hydrogen-bond acceptors (Lipinski definition) is 6. The number of aromatic amines is 1. The predicted octanol–water partition coefficient (Wildman–Crippen LogP) is 3.77. The van der Waals surface area contributed by atoms with Crippen molar-refractivity contribution in [3.63, 3.8) is 0 Å². The van der Waals surface area contributed by atoms with Gasteiger partial charge in [-0.2, -0.15) is 5.10 Å². The van der Waals surface area contributed by atoms with Crippen molar-refractivity contribution in [3.8, 4) is 22.8 Å². The molecular weight excluding hydrogens is 378 g/mol. The Labute approximate surface area is 165 Å². The number of carbonyl (C=O) groups excluding carboxylic acids is 2. The summed E-state index contributed by atoms with van der Waals surface area (Å²) in [7, 11) is 3.14. The highest BCUT2D eigenvalue weighted by Crippen LogP contribution is 2.42. The minimum Gasteiger partial charge on any atom is -0.493 e. The van der Waals surface area contributed by atoms with Crippen LogP contribution in [-0.4, -0.2) is 36.1 Å². The Morgan fingerprint density at radius 1 is 1.18 bits per heavy atom. The van der Waals surface area contributed by atoms with E-state index in [0.717, 1.165) is 10.4 Å². The standard InChI is InChI=1S/C20H19N3O4S/c1-10-4-7-15(28-10)19(25)12-9-16(24)21-20-17(12)18(22-23-20)11-5-6-13(26-2)14(8-11)27-3/h4-8,12H,9H2,1-3H3,(H2,21,22,23,24). The van der Waals surface area contributed by atoms with Crippen LogP contribution >= 0.6 is 11.3 Å². The van der Waals surface area contributed by atoms with Crippen molar-refractivity contribution in [2.24, 2.45) is 0 Å². The van der Waals surface area contributed by atoms with Crippen LogP contribution in [0.25, 0.3) is 11.3 Å². The van der Waals surface area contributed by atoms with E-state index >= 15 is 0 Å². The fraction of sp³-hybridized carbons (Fsp3) is 0.250. The van der Waals surface area contributed by atoms with Gasteiger partial charge in [0.25, 0.3) is 0 Å². The zero-order valence-electron chi connectivity index (χ0n) is 15.7. The number of ketones is 1. The molecule has 28 heavy (non-hydrogen) atoms. The quantitative estimate of drug-likeness (QED) is 0.639. The van der Waals surface area contributed by atoms with Crippen molar-refractivity contribution < 1.29 is 19.1 Å². The van der Waals surface area contributed by atoms with Crippen LogP contribution in [0.1, 0.15) is 32.5 Å². The normalized spacial score (nSPS) is 15.7. The molecule has 0 bridgehead atoms. The molecule has 0 radical (unpaired) electrons.